The largest absolute Gasteiger partial charge is 0.303 e. The minimum Gasteiger partial charge on any atom is -0.303 e. The van der Waals surface area contributed by atoms with Crippen molar-refractivity contribution in [3.8, 4) is 6.07 Å². The van der Waals surface area contributed by atoms with Gasteiger partial charge in [-0.25, -0.2) is 0 Å². The fourth-order valence-electron chi connectivity index (χ4n) is 3.15. The lowest BCUT2D eigenvalue weighted by atomic mass is 9.97. The fourth-order valence-corrected chi connectivity index (χ4v) is 3.15. The van der Waals surface area contributed by atoms with Gasteiger partial charge in [-0.2, -0.15) is 5.26 Å². The van der Waals surface area contributed by atoms with Crippen LogP contribution in [0.15, 0.2) is 0 Å². The number of hydrogen-bond acceptors (Lipinski definition) is 3. The van der Waals surface area contributed by atoms with Crippen molar-refractivity contribution in [3.05, 3.63) is 0 Å². The van der Waals surface area contributed by atoms with Crippen LogP contribution in [0.25, 0.3) is 0 Å². The Morgan fingerprint density at radius 2 is 1.90 bits per heavy atom. The average molecular weight is 279 g/mol. The maximum absolute atomic E-state index is 9.34. The maximum Gasteiger partial charge on any atom is 0.103 e. The van der Waals surface area contributed by atoms with E-state index in [4.69, 9.17) is 0 Å². The quantitative estimate of drug-likeness (QED) is 0.689. The Morgan fingerprint density at radius 3 is 2.45 bits per heavy atom. The maximum atomic E-state index is 9.34. The average Bonchev–Trinajstić information content (AvgIpc) is 2.74. The van der Waals surface area contributed by atoms with E-state index in [0.717, 1.165) is 38.4 Å². The van der Waals surface area contributed by atoms with Gasteiger partial charge in [0.25, 0.3) is 0 Å². The molecule has 0 radical (unpaired) electrons. The smallest absolute Gasteiger partial charge is 0.103 e. The van der Waals surface area contributed by atoms with Gasteiger partial charge in [0, 0.05) is 6.04 Å². The van der Waals surface area contributed by atoms with Gasteiger partial charge in [0.2, 0.25) is 0 Å². The molecule has 0 aromatic carbocycles. The molecule has 0 aromatic heterocycles. The van der Waals surface area contributed by atoms with Crippen LogP contribution in [0.4, 0.5) is 0 Å². The Morgan fingerprint density at radius 1 is 1.25 bits per heavy atom. The highest BCUT2D eigenvalue weighted by Crippen LogP contribution is 2.21. The van der Waals surface area contributed by atoms with E-state index in [2.05, 4.69) is 30.3 Å². The molecule has 3 heteroatoms. The van der Waals surface area contributed by atoms with Crippen LogP contribution in [-0.2, 0) is 0 Å². The summed E-state index contributed by atoms with van der Waals surface area (Å²) in [6.45, 7) is 6.23. The molecule has 1 saturated carbocycles. The van der Waals surface area contributed by atoms with E-state index >= 15 is 0 Å². The van der Waals surface area contributed by atoms with Gasteiger partial charge in [-0.05, 0) is 59.2 Å². The van der Waals surface area contributed by atoms with Gasteiger partial charge in [0.15, 0.2) is 0 Å². The second kappa shape index (κ2) is 9.37. The van der Waals surface area contributed by atoms with Crippen LogP contribution in [0.2, 0.25) is 0 Å². The molecule has 1 aliphatic carbocycles. The number of nitriles is 1. The zero-order valence-electron chi connectivity index (χ0n) is 13.7. The standard InChI is InChI=1S/C17H33N3/c1-4-13-19-17(2,15-18)12-9-14-20(3)16-10-7-5-6-8-11-16/h16,19H,4-14H2,1-3H3. The molecule has 0 bridgehead atoms. The van der Waals surface area contributed by atoms with Crippen molar-refractivity contribution >= 4 is 0 Å². The van der Waals surface area contributed by atoms with Crippen molar-refractivity contribution in [1.82, 2.24) is 10.2 Å². The Kier molecular flexibility index (Phi) is 8.18. The number of nitrogens with one attached hydrogen (secondary N) is 1. The van der Waals surface area contributed by atoms with E-state index in [0.29, 0.717) is 0 Å². The lowest BCUT2D eigenvalue weighted by Crippen LogP contribution is -2.42. The third-order valence-electron chi connectivity index (χ3n) is 4.65. The van der Waals surface area contributed by atoms with Gasteiger partial charge in [0.1, 0.15) is 5.54 Å². The van der Waals surface area contributed by atoms with E-state index in [9.17, 15) is 5.26 Å². The van der Waals surface area contributed by atoms with Gasteiger partial charge in [-0.15, -0.1) is 0 Å². The lowest BCUT2D eigenvalue weighted by Gasteiger charge is -2.29. The number of nitrogens with zero attached hydrogens (tertiary/aromatic N) is 2. The first-order chi connectivity index (χ1) is 9.61. The predicted octanol–water partition coefficient (Wildman–Crippen LogP) is 3.70. The molecule has 0 aliphatic heterocycles. The highest BCUT2D eigenvalue weighted by Gasteiger charge is 2.23. The molecule has 3 nitrogen and oxygen atoms in total. The molecule has 0 spiro atoms. The van der Waals surface area contributed by atoms with Gasteiger partial charge >= 0.3 is 0 Å². The lowest BCUT2D eigenvalue weighted by molar-refractivity contribution is 0.211. The van der Waals surface area contributed by atoms with Gasteiger partial charge in [-0.1, -0.05) is 32.6 Å². The van der Waals surface area contributed by atoms with Crippen LogP contribution in [0.5, 0.6) is 0 Å². The molecule has 0 saturated heterocycles. The van der Waals surface area contributed by atoms with Crippen molar-refractivity contribution < 1.29 is 0 Å². The second-order valence-corrected chi connectivity index (χ2v) is 6.60. The third kappa shape index (κ3) is 6.24. The highest BCUT2D eigenvalue weighted by atomic mass is 15.1. The topological polar surface area (TPSA) is 39.1 Å². The van der Waals surface area contributed by atoms with Crippen molar-refractivity contribution in [2.45, 2.75) is 83.2 Å². The number of hydrogen-bond donors (Lipinski definition) is 1. The predicted molar refractivity (Wildman–Crippen MR) is 85.7 cm³/mol. The minimum absolute atomic E-state index is 0.347. The highest BCUT2D eigenvalue weighted by molar-refractivity contribution is 5.03. The molecule has 20 heavy (non-hydrogen) atoms. The molecule has 1 atom stereocenters. The molecular weight excluding hydrogens is 246 g/mol. The third-order valence-corrected chi connectivity index (χ3v) is 4.65. The number of rotatable bonds is 8. The molecule has 0 heterocycles. The van der Waals surface area contributed by atoms with Gasteiger partial charge in [-0.3, -0.25) is 5.32 Å². The summed E-state index contributed by atoms with van der Waals surface area (Å²) in [7, 11) is 2.26. The molecule has 1 aliphatic rings. The fraction of sp³-hybridized carbons (Fsp3) is 0.941. The normalized spacial score (nSPS) is 20.4. The van der Waals surface area contributed by atoms with Crippen LogP contribution < -0.4 is 5.32 Å². The second-order valence-electron chi connectivity index (χ2n) is 6.60. The first-order valence-corrected chi connectivity index (χ1v) is 8.48. The van der Waals surface area contributed by atoms with Crippen molar-refractivity contribution in [2.24, 2.45) is 0 Å². The summed E-state index contributed by atoms with van der Waals surface area (Å²) in [5, 5.41) is 12.7. The SMILES string of the molecule is CCCNC(C)(C#N)CCCN(C)C1CCCCCC1. The first-order valence-electron chi connectivity index (χ1n) is 8.48. The van der Waals surface area contributed by atoms with E-state index in [1.807, 2.05) is 6.92 Å². The zero-order valence-corrected chi connectivity index (χ0v) is 13.7. The summed E-state index contributed by atoms with van der Waals surface area (Å²) in [5.41, 5.74) is -0.347. The van der Waals surface area contributed by atoms with E-state index in [-0.39, 0.29) is 5.54 Å². The van der Waals surface area contributed by atoms with Crippen LogP contribution >= 0.6 is 0 Å². The van der Waals surface area contributed by atoms with Gasteiger partial charge < -0.3 is 4.90 Å². The van der Waals surface area contributed by atoms with E-state index in [1.165, 1.54) is 38.5 Å². The molecule has 0 aromatic rings. The van der Waals surface area contributed by atoms with Crippen LogP contribution in [0.1, 0.15) is 71.6 Å². The van der Waals surface area contributed by atoms with Crippen molar-refractivity contribution in [1.29, 1.82) is 5.26 Å². The zero-order chi connectivity index (χ0) is 14.8. The van der Waals surface area contributed by atoms with Crippen LogP contribution in [0, 0.1) is 11.3 Å². The Balaban J connectivity index is 2.29. The Labute approximate surface area is 125 Å². The summed E-state index contributed by atoms with van der Waals surface area (Å²) >= 11 is 0. The summed E-state index contributed by atoms with van der Waals surface area (Å²) in [6.07, 6.45) is 11.5. The summed E-state index contributed by atoms with van der Waals surface area (Å²) in [6, 6.07) is 3.22. The minimum atomic E-state index is -0.347. The Hall–Kier alpha value is -0.590. The molecule has 1 fully saturated rings. The monoisotopic (exact) mass is 279 g/mol. The molecule has 1 unspecified atom stereocenters. The summed E-state index contributed by atoms with van der Waals surface area (Å²) < 4.78 is 0. The van der Waals surface area contributed by atoms with Crippen molar-refractivity contribution in [3.63, 3.8) is 0 Å². The molecule has 0 amide bonds. The molecule has 1 rings (SSSR count). The first kappa shape index (κ1) is 17.5. The molecule has 1 N–H and O–H groups in total. The van der Waals surface area contributed by atoms with Crippen LogP contribution in [0.3, 0.4) is 0 Å². The van der Waals surface area contributed by atoms with Gasteiger partial charge in [0.05, 0.1) is 6.07 Å². The van der Waals surface area contributed by atoms with E-state index in [1.54, 1.807) is 0 Å². The summed E-state index contributed by atoms with van der Waals surface area (Å²) in [5.74, 6) is 0. The molecular formula is C17H33N3. The summed E-state index contributed by atoms with van der Waals surface area (Å²) in [4.78, 5) is 2.53. The molecule has 116 valence electrons. The van der Waals surface area contributed by atoms with E-state index < -0.39 is 0 Å². The Bertz CT molecular complexity index is 289. The van der Waals surface area contributed by atoms with Crippen LogP contribution in [-0.4, -0.2) is 36.6 Å². The van der Waals surface area contributed by atoms with Crippen molar-refractivity contribution in [2.75, 3.05) is 20.1 Å².